The van der Waals surface area contributed by atoms with Crippen molar-refractivity contribution >= 4 is 0 Å². The molecular weight excluding hydrogens is 248 g/mol. The molecule has 0 saturated carbocycles. The van der Waals surface area contributed by atoms with E-state index in [1.807, 2.05) is 6.92 Å². The molecule has 1 N–H and O–H groups in total. The van der Waals surface area contributed by atoms with E-state index in [1.165, 1.54) is 18.2 Å². The smallest absolute Gasteiger partial charge is 0.131 e. The van der Waals surface area contributed by atoms with Gasteiger partial charge >= 0.3 is 0 Å². The largest absolute Gasteiger partial charge is 0.376 e. The molecule has 0 spiro atoms. The van der Waals surface area contributed by atoms with Gasteiger partial charge in [-0.15, -0.1) is 0 Å². The summed E-state index contributed by atoms with van der Waals surface area (Å²) in [6.07, 6.45) is 1.68. The van der Waals surface area contributed by atoms with Crippen LogP contribution in [0.3, 0.4) is 0 Å². The first-order valence-corrected chi connectivity index (χ1v) is 6.94. The first-order chi connectivity index (χ1) is 9.15. The van der Waals surface area contributed by atoms with Crippen LogP contribution in [0.4, 0.5) is 8.78 Å². The van der Waals surface area contributed by atoms with Gasteiger partial charge in [0.25, 0.3) is 0 Å². The quantitative estimate of drug-likeness (QED) is 0.884. The average molecular weight is 269 g/mol. The number of halogens is 2. The molecule has 0 aliphatic carbocycles. The Labute approximate surface area is 113 Å². The van der Waals surface area contributed by atoms with E-state index >= 15 is 0 Å². The summed E-state index contributed by atoms with van der Waals surface area (Å²) < 4.78 is 33.6. The molecule has 0 amide bonds. The topological polar surface area (TPSA) is 21.3 Å². The summed E-state index contributed by atoms with van der Waals surface area (Å²) in [4.78, 5) is 0. The van der Waals surface area contributed by atoms with Crippen molar-refractivity contribution in [2.45, 2.75) is 38.8 Å². The molecule has 1 saturated heterocycles. The first kappa shape index (κ1) is 14.4. The third-order valence-corrected chi connectivity index (χ3v) is 3.70. The van der Waals surface area contributed by atoms with Crippen molar-refractivity contribution in [1.29, 1.82) is 0 Å². The molecule has 1 fully saturated rings. The summed E-state index contributed by atoms with van der Waals surface area (Å²) >= 11 is 0. The Hall–Kier alpha value is -1.00. The van der Waals surface area contributed by atoms with Crippen molar-refractivity contribution in [2.24, 2.45) is 5.92 Å². The van der Waals surface area contributed by atoms with Gasteiger partial charge in [0.1, 0.15) is 11.6 Å². The van der Waals surface area contributed by atoms with E-state index in [-0.39, 0.29) is 11.7 Å². The number of hydrogen-bond acceptors (Lipinski definition) is 2. The highest BCUT2D eigenvalue weighted by atomic mass is 19.1. The fourth-order valence-corrected chi connectivity index (χ4v) is 2.63. The van der Waals surface area contributed by atoms with Crippen molar-refractivity contribution < 1.29 is 13.5 Å². The van der Waals surface area contributed by atoms with Crippen molar-refractivity contribution in [1.82, 2.24) is 5.32 Å². The fraction of sp³-hybridized carbons (Fsp3) is 0.600. The minimum absolute atomic E-state index is 0.106. The Morgan fingerprint density at radius 2 is 2.05 bits per heavy atom. The van der Waals surface area contributed by atoms with Crippen LogP contribution >= 0.6 is 0 Å². The lowest BCUT2D eigenvalue weighted by molar-refractivity contribution is 0.0584. The van der Waals surface area contributed by atoms with E-state index in [2.05, 4.69) is 12.2 Å². The van der Waals surface area contributed by atoms with Crippen LogP contribution in [0.2, 0.25) is 0 Å². The van der Waals surface area contributed by atoms with Gasteiger partial charge in [0, 0.05) is 12.2 Å². The molecule has 106 valence electrons. The zero-order valence-corrected chi connectivity index (χ0v) is 11.5. The standard InChI is InChI=1S/C15H21F2NO/c1-3-8-18-14(15-10(2)7-9-19-15)13-11(16)5-4-6-12(13)17/h4-6,10,14-15,18H,3,7-9H2,1-2H3. The van der Waals surface area contributed by atoms with Gasteiger partial charge < -0.3 is 10.1 Å². The summed E-state index contributed by atoms with van der Waals surface area (Å²) in [7, 11) is 0. The molecule has 2 rings (SSSR count). The van der Waals surface area contributed by atoms with Crippen LogP contribution in [0.5, 0.6) is 0 Å². The molecule has 1 aromatic rings. The molecule has 1 aliphatic rings. The summed E-state index contributed by atoms with van der Waals surface area (Å²) in [6, 6.07) is 3.58. The molecule has 1 heterocycles. The SMILES string of the molecule is CCCNC(c1c(F)cccc1F)C1OCCC1C. The summed E-state index contributed by atoms with van der Waals surface area (Å²) in [5.41, 5.74) is 0.106. The van der Waals surface area contributed by atoms with Crippen LogP contribution in [0.25, 0.3) is 0 Å². The van der Waals surface area contributed by atoms with Crippen LogP contribution in [-0.4, -0.2) is 19.3 Å². The molecule has 3 unspecified atom stereocenters. The first-order valence-electron chi connectivity index (χ1n) is 6.94. The van der Waals surface area contributed by atoms with Gasteiger partial charge in [-0.05, 0) is 37.4 Å². The summed E-state index contributed by atoms with van der Waals surface area (Å²) in [5.74, 6) is -0.707. The maximum Gasteiger partial charge on any atom is 0.131 e. The second-order valence-electron chi connectivity index (χ2n) is 5.17. The van der Waals surface area contributed by atoms with Gasteiger partial charge in [-0.1, -0.05) is 19.9 Å². The normalized spacial score (nSPS) is 24.6. The Morgan fingerprint density at radius 3 is 2.58 bits per heavy atom. The van der Waals surface area contributed by atoms with Crippen LogP contribution in [-0.2, 0) is 4.74 Å². The summed E-state index contributed by atoms with van der Waals surface area (Å²) in [6.45, 7) is 5.47. The third kappa shape index (κ3) is 3.12. The zero-order valence-electron chi connectivity index (χ0n) is 11.5. The number of rotatable bonds is 5. The van der Waals surface area contributed by atoms with E-state index < -0.39 is 17.7 Å². The number of nitrogens with one attached hydrogen (secondary N) is 1. The second-order valence-corrected chi connectivity index (χ2v) is 5.17. The van der Waals surface area contributed by atoms with E-state index in [0.29, 0.717) is 19.1 Å². The highest BCUT2D eigenvalue weighted by Gasteiger charge is 2.35. The molecule has 0 radical (unpaired) electrons. The Balaban J connectivity index is 2.31. The van der Waals surface area contributed by atoms with Crippen LogP contribution in [0.15, 0.2) is 18.2 Å². The summed E-state index contributed by atoms with van der Waals surface area (Å²) in [5, 5.41) is 3.23. The lowest BCUT2D eigenvalue weighted by Gasteiger charge is -2.28. The molecule has 0 aromatic heterocycles. The van der Waals surface area contributed by atoms with E-state index in [0.717, 1.165) is 12.8 Å². The lowest BCUT2D eigenvalue weighted by atomic mass is 9.91. The van der Waals surface area contributed by atoms with Gasteiger partial charge in [0.2, 0.25) is 0 Å². The van der Waals surface area contributed by atoms with Crippen molar-refractivity contribution in [2.75, 3.05) is 13.2 Å². The Bertz CT molecular complexity index is 404. The highest BCUT2D eigenvalue weighted by Crippen LogP contribution is 2.33. The van der Waals surface area contributed by atoms with Gasteiger partial charge in [-0.2, -0.15) is 0 Å². The molecule has 3 atom stereocenters. The third-order valence-electron chi connectivity index (χ3n) is 3.70. The van der Waals surface area contributed by atoms with Gasteiger partial charge in [0.05, 0.1) is 12.1 Å². The second kappa shape index (κ2) is 6.44. The van der Waals surface area contributed by atoms with Crippen molar-refractivity contribution in [3.8, 4) is 0 Å². The minimum Gasteiger partial charge on any atom is -0.376 e. The van der Waals surface area contributed by atoms with E-state index in [4.69, 9.17) is 4.74 Å². The van der Waals surface area contributed by atoms with Gasteiger partial charge in [-0.25, -0.2) is 8.78 Å². The van der Waals surface area contributed by atoms with Gasteiger partial charge in [0.15, 0.2) is 0 Å². The molecule has 4 heteroatoms. The Kier molecular flexibility index (Phi) is 4.88. The molecule has 19 heavy (non-hydrogen) atoms. The zero-order chi connectivity index (χ0) is 13.8. The highest BCUT2D eigenvalue weighted by molar-refractivity contribution is 5.25. The minimum atomic E-state index is -0.503. The predicted octanol–water partition coefficient (Wildman–Crippen LogP) is 3.43. The maximum atomic E-state index is 14.0. The number of benzene rings is 1. The predicted molar refractivity (Wildman–Crippen MR) is 70.9 cm³/mol. The molecule has 1 aliphatic heterocycles. The number of ether oxygens (including phenoxy) is 1. The van der Waals surface area contributed by atoms with Crippen molar-refractivity contribution in [3.63, 3.8) is 0 Å². The van der Waals surface area contributed by atoms with E-state index in [9.17, 15) is 8.78 Å². The molecule has 0 bridgehead atoms. The van der Waals surface area contributed by atoms with Gasteiger partial charge in [-0.3, -0.25) is 0 Å². The van der Waals surface area contributed by atoms with Crippen LogP contribution < -0.4 is 5.32 Å². The van der Waals surface area contributed by atoms with Crippen molar-refractivity contribution in [3.05, 3.63) is 35.4 Å². The molecular formula is C15H21F2NO. The fourth-order valence-electron chi connectivity index (χ4n) is 2.63. The number of hydrogen-bond donors (Lipinski definition) is 1. The maximum absolute atomic E-state index is 14.0. The molecule has 1 aromatic carbocycles. The lowest BCUT2D eigenvalue weighted by Crippen LogP contribution is -2.36. The van der Waals surface area contributed by atoms with Crippen LogP contribution in [0, 0.1) is 17.6 Å². The van der Waals surface area contributed by atoms with Crippen LogP contribution in [0.1, 0.15) is 38.3 Å². The van der Waals surface area contributed by atoms with E-state index in [1.54, 1.807) is 0 Å². The molecule has 2 nitrogen and oxygen atoms in total. The Morgan fingerprint density at radius 1 is 1.37 bits per heavy atom. The average Bonchev–Trinajstić information content (AvgIpc) is 2.79. The monoisotopic (exact) mass is 269 g/mol.